The molecule has 0 aliphatic heterocycles. The van der Waals surface area contributed by atoms with Crippen molar-refractivity contribution in [3.05, 3.63) is 35.9 Å². The third-order valence-corrected chi connectivity index (χ3v) is 5.38. The van der Waals surface area contributed by atoms with E-state index in [0.29, 0.717) is 5.41 Å². The van der Waals surface area contributed by atoms with Crippen LogP contribution in [0.1, 0.15) is 120 Å². The lowest BCUT2D eigenvalue weighted by molar-refractivity contribution is 0.222. The highest BCUT2D eigenvalue weighted by Crippen LogP contribution is 2.45. The van der Waals surface area contributed by atoms with Gasteiger partial charge in [0.2, 0.25) is 0 Å². The van der Waals surface area contributed by atoms with E-state index in [2.05, 4.69) is 44.2 Å². The molecule has 0 bridgehead atoms. The lowest BCUT2D eigenvalue weighted by Crippen LogP contribution is -2.31. The highest BCUT2D eigenvalue weighted by atomic mass is 14.4. The highest BCUT2D eigenvalue weighted by Gasteiger charge is 2.34. The first kappa shape index (κ1) is 29.0. The Morgan fingerprint density at radius 1 is 0.840 bits per heavy atom. The SMILES string of the molecule is C.C.C.CC.CCCCCCCC1(c2ccccc2)CCC(C)CC1. The second-order valence-electron chi connectivity index (χ2n) is 6.99. The number of hydrogen-bond acceptors (Lipinski definition) is 0. The summed E-state index contributed by atoms with van der Waals surface area (Å²) in [5.41, 5.74) is 2.11. The van der Waals surface area contributed by atoms with E-state index in [1.807, 2.05) is 13.8 Å². The molecule has 0 heteroatoms. The molecular weight excluding hydrogens is 300 g/mol. The molecule has 25 heavy (non-hydrogen) atoms. The van der Waals surface area contributed by atoms with Crippen molar-refractivity contribution in [1.82, 2.24) is 0 Å². The zero-order valence-electron chi connectivity index (χ0n) is 15.5. The molecule has 1 aromatic carbocycles. The average Bonchev–Trinajstić information content (AvgIpc) is 2.59. The van der Waals surface area contributed by atoms with Crippen molar-refractivity contribution in [2.45, 2.75) is 120 Å². The van der Waals surface area contributed by atoms with Gasteiger partial charge in [-0.2, -0.15) is 0 Å². The van der Waals surface area contributed by atoms with Gasteiger partial charge in [0.05, 0.1) is 0 Å². The van der Waals surface area contributed by atoms with Crippen molar-refractivity contribution >= 4 is 0 Å². The molecule has 0 N–H and O–H groups in total. The van der Waals surface area contributed by atoms with E-state index in [4.69, 9.17) is 0 Å². The van der Waals surface area contributed by atoms with E-state index in [-0.39, 0.29) is 22.3 Å². The Kier molecular flexibility index (Phi) is 19.3. The number of hydrogen-bond donors (Lipinski definition) is 0. The minimum atomic E-state index is 0. The third-order valence-electron chi connectivity index (χ3n) is 5.38. The predicted octanol–water partition coefficient (Wildman–Crippen LogP) is 9.43. The van der Waals surface area contributed by atoms with Crippen LogP contribution in [0.4, 0.5) is 0 Å². The predicted molar refractivity (Wildman–Crippen MR) is 121 cm³/mol. The molecule has 0 radical (unpaired) electrons. The third kappa shape index (κ3) is 9.47. The van der Waals surface area contributed by atoms with Crippen LogP contribution in [0, 0.1) is 5.92 Å². The van der Waals surface area contributed by atoms with Crippen LogP contribution in [-0.2, 0) is 5.41 Å². The van der Waals surface area contributed by atoms with Gasteiger partial charge in [-0.15, -0.1) is 0 Å². The monoisotopic (exact) mass is 350 g/mol. The van der Waals surface area contributed by atoms with Gasteiger partial charge in [0, 0.05) is 0 Å². The average molecular weight is 351 g/mol. The molecule has 1 saturated carbocycles. The van der Waals surface area contributed by atoms with Gasteiger partial charge in [-0.25, -0.2) is 0 Å². The smallest absolute Gasteiger partial charge is 0.00468 e. The summed E-state index contributed by atoms with van der Waals surface area (Å²) in [6.07, 6.45) is 14.1. The second-order valence-corrected chi connectivity index (χ2v) is 6.99. The molecular formula is C25H50. The summed E-state index contributed by atoms with van der Waals surface area (Å²) >= 11 is 0. The van der Waals surface area contributed by atoms with E-state index in [1.54, 1.807) is 5.56 Å². The van der Waals surface area contributed by atoms with Gasteiger partial charge in [-0.05, 0) is 49.0 Å². The summed E-state index contributed by atoms with van der Waals surface area (Å²) in [7, 11) is 0. The normalized spacial score (nSPS) is 21.5. The van der Waals surface area contributed by atoms with Crippen LogP contribution >= 0.6 is 0 Å². The van der Waals surface area contributed by atoms with Gasteiger partial charge >= 0.3 is 0 Å². The molecule has 1 aliphatic carbocycles. The van der Waals surface area contributed by atoms with Crippen molar-refractivity contribution in [2.75, 3.05) is 0 Å². The van der Waals surface area contributed by atoms with Crippen molar-refractivity contribution in [3.8, 4) is 0 Å². The van der Waals surface area contributed by atoms with E-state index in [9.17, 15) is 0 Å². The molecule has 2 rings (SSSR count). The lowest BCUT2D eigenvalue weighted by atomic mass is 9.64. The molecule has 1 aromatic rings. The Hall–Kier alpha value is -0.780. The van der Waals surface area contributed by atoms with E-state index in [0.717, 1.165) is 5.92 Å². The Labute approximate surface area is 161 Å². The van der Waals surface area contributed by atoms with Crippen molar-refractivity contribution in [2.24, 2.45) is 5.92 Å². The standard InChI is InChI=1S/C20H32.C2H6.3CH4/c1-3-4-5-6-10-15-20(16-13-18(2)14-17-20)19-11-8-7-9-12-19;1-2;;;/h7-9,11-12,18H,3-6,10,13-17H2,1-2H3;1-2H3;3*1H4. The number of unbranched alkanes of at least 4 members (excludes halogenated alkanes) is 4. The van der Waals surface area contributed by atoms with Crippen LogP contribution in [0.2, 0.25) is 0 Å². The maximum absolute atomic E-state index is 2.43. The van der Waals surface area contributed by atoms with Crippen molar-refractivity contribution < 1.29 is 0 Å². The van der Waals surface area contributed by atoms with E-state index >= 15 is 0 Å². The number of benzene rings is 1. The summed E-state index contributed by atoms with van der Waals surface area (Å²) in [5, 5.41) is 0. The maximum Gasteiger partial charge on any atom is -0.00468 e. The van der Waals surface area contributed by atoms with Crippen molar-refractivity contribution in [3.63, 3.8) is 0 Å². The van der Waals surface area contributed by atoms with Crippen LogP contribution in [-0.4, -0.2) is 0 Å². The Balaban J connectivity index is -0.000000934. The van der Waals surface area contributed by atoms with E-state index in [1.165, 1.54) is 64.2 Å². The molecule has 150 valence electrons. The molecule has 1 fully saturated rings. The van der Waals surface area contributed by atoms with Gasteiger partial charge < -0.3 is 0 Å². The highest BCUT2D eigenvalue weighted by molar-refractivity contribution is 5.26. The lowest BCUT2D eigenvalue weighted by Gasteiger charge is -2.40. The molecule has 0 unspecified atom stereocenters. The molecule has 1 aliphatic rings. The maximum atomic E-state index is 2.43. The fraction of sp³-hybridized carbons (Fsp3) is 0.760. The minimum Gasteiger partial charge on any atom is -0.0776 e. The minimum absolute atomic E-state index is 0. The van der Waals surface area contributed by atoms with Gasteiger partial charge in [0.1, 0.15) is 0 Å². The van der Waals surface area contributed by atoms with E-state index < -0.39 is 0 Å². The molecule has 0 saturated heterocycles. The number of rotatable bonds is 7. The summed E-state index contributed by atoms with van der Waals surface area (Å²) in [5.74, 6) is 0.937. The quantitative estimate of drug-likeness (QED) is 0.429. The molecule has 0 spiro atoms. The summed E-state index contributed by atoms with van der Waals surface area (Å²) in [4.78, 5) is 0. The fourth-order valence-corrected chi connectivity index (χ4v) is 3.86. The van der Waals surface area contributed by atoms with Crippen molar-refractivity contribution in [1.29, 1.82) is 0 Å². The van der Waals surface area contributed by atoms with Crippen LogP contribution in [0.15, 0.2) is 30.3 Å². The Bertz CT molecular complexity index is 357. The Morgan fingerprint density at radius 3 is 1.88 bits per heavy atom. The Morgan fingerprint density at radius 2 is 1.36 bits per heavy atom. The fourth-order valence-electron chi connectivity index (χ4n) is 3.86. The molecule has 0 amide bonds. The molecule has 0 atom stereocenters. The van der Waals surface area contributed by atoms with Gasteiger partial charge in [-0.1, -0.05) is 112 Å². The first-order chi connectivity index (χ1) is 10.8. The van der Waals surface area contributed by atoms with Gasteiger partial charge in [0.15, 0.2) is 0 Å². The first-order valence-electron chi connectivity index (χ1n) is 9.82. The van der Waals surface area contributed by atoms with Crippen LogP contribution < -0.4 is 0 Å². The zero-order valence-corrected chi connectivity index (χ0v) is 15.5. The summed E-state index contributed by atoms with van der Waals surface area (Å²) < 4.78 is 0. The topological polar surface area (TPSA) is 0 Å². The summed E-state index contributed by atoms with van der Waals surface area (Å²) in [6.45, 7) is 8.73. The molecule has 0 aromatic heterocycles. The summed E-state index contributed by atoms with van der Waals surface area (Å²) in [6, 6.07) is 11.4. The molecule has 0 heterocycles. The van der Waals surface area contributed by atoms with Crippen LogP contribution in [0.3, 0.4) is 0 Å². The second kappa shape index (κ2) is 16.7. The first-order valence-corrected chi connectivity index (χ1v) is 9.82. The van der Waals surface area contributed by atoms with Gasteiger partial charge in [0.25, 0.3) is 0 Å². The largest absolute Gasteiger partial charge is 0.0776 e. The van der Waals surface area contributed by atoms with Crippen LogP contribution in [0.5, 0.6) is 0 Å². The zero-order chi connectivity index (χ0) is 16.3. The van der Waals surface area contributed by atoms with Crippen LogP contribution in [0.25, 0.3) is 0 Å². The van der Waals surface area contributed by atoms with Gasteiger partial charge in [-0.3, -0.25) is 0 Å². The molecule has 0 nitrogen and oxygen atoms in total.